The normalized spacial score (nSPS) is 13.2. The summed E-state index contributed by atoms with van der Waals surface area (Å²) >= 11 is 0. The van der Waals surface area contributed by atoms with Gasteiger partial charge in [0.15, 0.2) is 12.3 Å². The molecule has 0 aromatic heterocycles. The lowest BCUT2D eigenvalue weighted by Gasteiger charge is -2.35. The number of nitrogens with zero attached hydrogens (tertiary/aromatic N) is 1. The molecule has 0 aromatic rings. The Morgan fingerprint density at radius 2 is 1.81 bits per heavy atom. The van der Waals surface area contributed by atoms with Crippen LogP contribution in [-0.2, 0) is 9.16 Å². The van der Waals surface area contributed by atoms with E-state index < -0.39 is 8.32 Å². The van der Waals surface area contributed by atoms with Crippen molar-refractivity contribution in [3.05, 3.63) is 12.5 Å². The molecule has 0 aliphatic rings. The summed E-state index contributed by atoms with van der Waals surface area (Å²) in [6.07, 6.45) is 1.53. The molecule has 0 saturated heterocycles. The third kappa shape index (κ3) is 5.35. The fourth-order valence-electron chi connectivity index (χ4n) is 0.685. The highest BCUT2D eigenvalue weighted by atomic mass is 28.4. The molecule has 0 saturated carbocycles. The Bertz CT molecular complexity index is 265. The molecule has 0 unspecified atom stereocenters. The van der Waals surface area contributed by atoms with E-state index in [0.29, 0.717) is 5.88 Å². The minimum atomic E-state index is -1.81. The Morgan fingerprint density at radius 1 is 1.31 bits per heavy atom. The maximum atomic E-state index is 5.85. The maximum Gasteiger partial charge on any atom is 0.252 e. The van der Waals surface area contributed by atoms with Crippen LogP contribution in [0.3, 0.4) is 0 Å². The van der Waals surface area contributed by atoms with Gasteiger partial charge in [-0.1, -0.05) is 20.8 Å². The molecule has 0 aliphatic heterocycles. The smallest absolute Gasteiger partial charge is 0.252 e. The second-order valence-corrected chi connectivity index (χ2v) is 10.4. The van der Waals surface area contributed by atoms with E-state index in [4.69, 9.17) is 9.16 Å². The molecule has 0 N–H and O–H groups in total. The van der Waals surface area contributed by atoms with Crippen molar-refractivity contribution in [1.29, 1.82) is 0 Å². The fraction of sp³-hybridized carbons (Fsp3) is 0.750. The second-order valence-electron chi connectivity index (χ2n) is 5.68. The van der Waals surface area contributed by atoms with Crippen LogP contribution in [0.25, 0.3) is 0 Å². The van der Waals surface area contributed by atoms with Crippen LogP contribution in [0.1, 0.15) is 34.6 Å². The van der Waals surface area contributed by atoms with Crippen LogP contribution in [0.5, 0.6) is 0 Å². The van der Waals surface area contributed by atoms with Gasteiger partial charge >= 0.3 is 0 Å². The van der Waals surface area contributed by atoms with Gasteiger partial charge in [0.05, 0.1) is 6.10 Å². The Hall–Kier alpha value is -0.773. The van der Waals surface area contributed by atoms with Gasteiger partial charge in [-0.05, 0) is 38.6 Å². The Labute approximate surface area is 101 Å². The number of hydrogen-bond acceptors (Lipinski definition) is 3. The summed E-state index contributed by atoms with van der Waals surface area (Å²) < 4.78 is 11.0. The van der Waals surface area contributed by atoms with Crippen LogP contribution in [0.4, 0.5) is 0 Å². The summed E-state index contributed by atoms with van der Waals surface area (Å²) in [7, 11) is -1.81. The number of aliphatic imine (C=N–C) groups is 1. The molecule has 0 spiro atoms. The van der Waals surface area contributed by atoms with Crippen LogP contribution >= 0.6 is 0 Å². The minimum absolute atomic E-state index is 0.129. The first kappa shape index (κ1) is 15.2. The van der Waals surface area contributed by atoms with E-state index in [1.807, 2.05) is 13.8 Å². The van der Waals surface area contributed by atoms with Crippen molar-refractivity contribution in [2.24, 2.45) is 4.99 Å². The minimum Gasteiger partial charge on any atom is -0.531 e. The van der Waals surface area contributed by atoms with Gasteiger partial charge in [-0.25, -0.2) is 0 Å². The molecule has 0 atom stereocenters. The summed E-state index contributed by atoms with van der Waals surface area (Å²) in [5.74, 6) is 0.437. The highest BCUT2D eigenvalue weighted by Gasteiger charge is 2.39. The van der Waals surface area contributed by atoms with Gasteiger partial charge in [-0.2, -0.15) is 4.99 Å². The average molecular weight is 243 g/mol. The van der Waals surface area contributed by atoms with E-state index in [-0.39, 0.29) is 11.1 Å². The molecule has 16 heavy (non-hydrogen) atoms. The van der Waals surface area contributed by atoms with Crippen molar-refractivity contribution >= 4 is 14.7 Å². The van der Waals surface area contributed by atoms with Crippen molar-refractivity contribution in [1.82, 2.24) is 0 Å². The van der Waals surface area contributed by atoms with Gasteiger partial charge in [0.1, 0.15) is 0 Å². The molecule has 4 heteroatoms. The van der Waals surface area contributed by atoms with Crippen molar-refractivity contribution in [2.45, 2.75) is 58.9 Å². The van der Waals surface area contributed by atoms with Crippen LogP contribution in [0.2, 0.25) is 18.1 Å². The fourth-order valence-corrected chi connectivity index (χ4v) is 1.63. The first-order valence-corrected chi connectivity index (χ1v) is 8.53. The van der Waals surface area contributed by atoms with Gasteiger partial charge < -0.3 is 9.16 Å². The first-order valence-electron chi connectivity index (χ1n) is 5.62. The van der Waals surface area contributed by atoms with Crippen LogP contribution < -0.4 is 0 Å². The summed E-state index contributed by atoms with van der Waals surface area (Å²) in [5.41, 5.74) is 0. The predicted molar refractivity (Wildman–Crippen MR) is 72.1 cm³/mol. The van der Waals surface area contributed by atoms with E-state index in [2.05, 4.69) is 45.4 Å². The van der Waals surface area contributed by atoms with E-state index in [1.54, 1.807) is 0 Å². The number of hydrogen-bond donors (Lipinski definition) is 0. The highest BCUT2D eigenvalue weighted by Crippen LogP contribution is 2.37. The van der Waals surface area contributed by atoms with Crippen LogP contribution in [0.15, 0.2) is 17.5 Å². The summed E-state index contributed by atoms with van der Waals surface area (Å²) in [4.78, 5) is 4.03. The van der Waals surface area contributed by atoms with E-state index in [1.165, 1.54) is 6.40 Å². The van der Waals surface area contributed by atoms with Gasteiger partial charge in [-0.3, -0.25) is 0 Å². The Kier molecular flexibility index (Phi) is 5.26. The summed E-state index contributed by atoms with van der Waals surface area (Å²) in [6.45, 7) is 18.6. The summed E-state index contributed by atoms with van der Waals surface area (Å²) in [5, 5.41) is 0.157. The van der Waals surface area contributed by atoms with E-state index in [9.17, 15) is 0 Å². The second kappa shape index (κ2) is 5.52. The highest BCUT2D eigenvalue weighted by molar-refractivity contribution is 6.74. The van der Waals surface area contributed by atoms with Gasteiger partial charge in [-0.15, -0.1) is 0 Å². The predicted octanol–water partition coefficient (Wildman–Crippen LogP) is 3.93. The molecular weight excluding hydrogens is 218 g/mol. The number of rotatable bonds is 5. The van der Waals surface area contributed by atoms with Gasteiger partial charge in [0, 0.05) is 0 Å². The molecule has 0 aromatic carbocycles. The zero-order valence-corrected chi connectivity index (χ0v) is 12.6. The van der Waals surface area contributed by atoms with Crippen molar-refractivity contribution < 1.29 is 9.16 Å². The van der Waals surface area contributed by atoms with Crippen LogP contribution in [0, 0.1) is 0 Å². The number of ether oxygens (including phenoxy) is 1. The Morgan fingerprint density at radius 3 is 2.19 bits per heavy atom. The third-order valence-corrected chi connectivity index (χ3v) is 7.07. The topological polar surface area (TPSA) is 30.8 Å². The first-order chi connectivity index (χ1) is 7.06. The molecule has 0 aliphatic carbocycles. The largest absolute Gasteiger partial charge is 0.531 e. The third-order valence-electron chi connectivity index (χ3n) is 2.71. The zero-order chi connectivity index (χ0) is 13.0. The molecule has 0 heterocycles. The monoisotopic (exact) mass is 243 g/mol. The van der Waals surface area contributed by atoms with E-state index >= 15 is 0 Å². The standard InChI is InChI=1S/C12H25NO2Si/c1-10(2)14-9-13-11(3)15-16(7,8)12(4,5)6/h9-10H,3H2,1-2,4-8H3/b13-9-. The molecular formula is C12H25NO2Si. The Balaban J connectivity index is 4.30. The molecule has 0 rings (SSSR count). The molecule has 0 amide bonds. The summed E-state index contributed by atoms with van der Waals surface area (Å²) in [6, 6.07) is 0. The lowest BCUT2D eigenvalue weighted by atomic mass is 10.2. The molecule has 0 fully saturated rings. The van der Waals surface area contributed by atoms with Gasteiger partial charge in [0.25, 0.3) is 8.32 Å². The van der Waals surface area contributed by atoms with Crippen molar-refractivity contribution in [2.75, 3.05) is 0 Å². The van der Waals surface area contributed by atoms with Crippen molar-refractivity contribution in [3.8, 4) is 0 Å². The average Bonchev–Trinajstić information content (AvgIpc) is 1.99. The zero-order valence-electron chi connectivity index (χ0n) is 11.6. The molecule has 0 radical (unpaired) electrons. The SMILES string of the molecule is C=C(/N=C\OC(C)C)O[Si](C)(C)C(C)(C)C. The van der Waals surface area contributed by atoms with Crippen molar-refractivity contribution in [3.63, 3.8) is 0 Å². The molecule has 94 valence electrons. The quantitative estimate of drug-likeness (QED) is 0.317. The van der Waals surface area contributed by atoms with Crippen LogP contribution in [-0.4, -0.2) is 20.8 Å². The maximum absolute atomic E-state index is 5.85. The van der Waals surface area contributed by atoms with E-state index in [0.717, 1.165) is 0 Å². The lowest BCUT2D eigenvalue weighted by Crippen LogP contribution is -2.40. The lowest BCUT2D eigenvalue weighted by molar-refractivity contribution is 0.239. The van der Waals surface area contributed by atoms with Gasteiger partial charge in [0.2, 0.25) is 0 Å². The molecule has 0 bridgehead atoms. The molecule has 3 nitrogen and oxygen atoms in total.